The molecule has 0 amide bonds. The molecule has 4 heterocycles. The van der Waals surface area contributed by atoms with E-state index in [-0.39, 0.29) is 135 Å². The van der Waals surface area contributed by atoms with Crippen molar-refractivity contribution in [1.29, 1.82) is 0 Å². The van der Waals surface area contributed by atoms with Crippen LogP contribution in [0.3, 0.4) is 0 Å². The zero-order chi connectivity index (χ0) is 111. The van der Waals surface area contributed by atoms with Gasteiger partial charge in [-0.1, -0.05) is 96.9 Å². The van der Waals surface area contributed by atoms with Gasteiger partial charge < -0.3 is 72.2 Å². The molecule has 0 spiro atoms. The molecule has 15 atom stereocenters. The summed E-state index contributed by atoms with van der Waals surface area (Å²) in [6.07, 6.45) is 31.5. The summed E-state index contributed by atoms with van der Waals surface area (Å²) < 4.78 is 66.3. The van der Waals surface area contributed by atoms with Crippen LogP contribution < -0.4 is 0 Å². The second-order valence-corrected chi connectivity index (χ2v) is 56.6. The number of cyclic esters (lactones) is 1. The minimum atomic E-state index is -1.52. The SMILES string of the molecule is CCC(C)(C)C(=O)OC(C)(C)C(C)(C)O.CCC(C)(C)C(=O)OC(C)(C)C12CC3CC(CC(C3)C1)C2.CCC(C)(C)C(=O)OC1(C(C)(C)C)CCCC1.CCC(C)(C)C(=O)OC1(CC)CC2CC1C1C3CCC(C3)C21.CCC(C)(C)C(=O)OC12CC3CC(CC(O)(C3)C1)C2.CCC(C)(C)C(=O)OC1C2CC3C(=O)OC1C3O2.CCC(C)(C)C(=O)OC1CCOC1=O.CCC(C)(C)C(=O)OCC(C)(C)COC(=O)C(C)(C)O. The molecule has 146 heavy (non-hydrogen) atoms. The van der Waals surface area contributed by atoms with Crippen LogP contribution in [0.2, 0.25) is 0 Å². The second kappa shape index (κ2) is 46.3. The molecule has 0 aromatic heterocycles. The van der Waals surface area contributed by atoms with Gasteiger partial charge in [0.1, 0.15) is 34.1 Å². The lowest BCUT2D eigenvalue weighted by atomic mass is 9.46. The fourth-order valence-electron chi connectivity index (χ4n) is 24.9. The van der Waals surface area contributed by atoms with Crippen LogP contribution in [0.25, 0.3) is 0 Å². The van der Waals surface area contributed by atoms with E-state index >= 15 is 0 Å². The molecule has 0 aromatic rings. The smallest absolute Gasteiger partial charge is 0.347 e. The van der Waals surface area contributed by atoms with Crippen molar-refractivity contribution in [3.05, 3.63) is 0 Å². The molecule has 13 aliphatic carbocycles. The molecule has 4 aliphatic heterocycles. The number of carbonyl (C=O) groups excluding carboxylic acids is 11. The molecule has 0 aromatic carbocycles. The standard InChI is InChI=1S/C20H32O2.C19H32O2.C16H26O3.C15H28O5.C15H28O2.C13H18O5.C12H24O3.C10H16O4/c1-5-19(3,4)18(21)22-20(6-2)11-14-10-15(20)17-13-8-7-12(9-13)16(14)17;1-6-17(2,3)16(20)21-18(4,5)19-10-13-7-14(11-19)9-15(8-13)12-19;1-4-14(2,3)13(17)19-16-8-11-5-12(9-16)7-15(18,6-11)10-16;1-8-14(4,5)11(16)19-9-13(2,3)10-20-12(17)15(6,7)18;1-7-14(5,6)12(16)17-15(13(2,3)4)10-8-9-11-15;1-4-13(2,3)12(15)18-9-7-5-6-8(16-7)10(9)17-11(6)14;1-8-10(2,3)9(13)15-12(6,7)11(4,5)14;1-4-10(2,3)9(12)14-7-5-6-13-8(7)11/h12-17H,5-11H2,1-4H3;13-15H,6-12H2,1-5H3;11-12,18H,4-10H2,1-3H3;18H,8-10H2,1-7H3;7-11H2,1-6H3;6-10H,4-5H2,1-3H3;14H,8H2,1-7H3;7H,4-6H2,1-3H3. The molecule has 17 aliphatic rings. The summed E-state index contributed by atoms with van der Waals surface area (Å²) in [7, 11) is 0. The first-order valence-electron chi connectivity index (χ1n) is 56.8. The molecular formula is C120H204O26. The van der Waals surface area contributed by atoms with E-state index in [1.165, 1.54) is 97.3 Å². The van der Waals surface area contributed by atoms with Gasteiger partial charge in [-0.3, -0.25) is 43.2 Å². The van der Waals surface area contributed by atoms with Crippen molar-refractivity contribution in [2.75, 3.05) is 19.8 Å². The van der Waals surface area contributed by atoms with Gasteiger partial charge in [0.2, 0.25) is 6.10 Å². The van der Waals surface area contributed by atoms with Crippen molar-refractivity contribution in [3.63, 3.8) is 0 Å². The molecule has 0 radical (unpaired) electrons. The zero-order valence-corrected chi connectivity index (χ0v) is 98.3. The molecule has 4 saturated heterocycles. The number of carbonyl (C=O) groups is 11. The summed E-state index contributed by atoms with van der Waals surface area (Å²) in [4.78, 5) is 131. The van der Waals surface area contributed by atoms with Crippen molar-refractivity contribution >= 4 is 65.7 Å². The van der Waals surface area contributed by atoms with Gasteiger partial charge in [-0.15, -0.1) is 0 Å². The average Bonchev–Trinajstić information content (AvgIpc) is 1.56. The number of esters is 11. The monoisotopic (exact) mass is 2060 g/mol. The van der Waals surface area contributed by atoms with Crippen LogP contribution in [-0.2, 0) is 110 Å². The molecule has 14 bridgehead atoms. The Morgan fingerprint density at radius 1 is 0.397 bits per heavy atom. The number of rotatable bonds is 31. The molecule has 3 N–H and O–H groups in total. The Morgan fingerprint density at radius 3 is 1.23 bits per heavy atom. The normalized spacial score (nSPS) is 31.4. The number of fused-ring (bicyclic) bond motifs is 10. The van der Waals surface area contributed by atoms with Gasteiger partial charge in [-0.05, 0) is 418 Å². The third kappa shape index (κ3) is 29.0. The fourth-order valence-corrected chi connectivity index (χ4v) is 24.9. The number of hydrogen-bond donors (Lipinski definition) is 3. The van der Waals surface area contributed by atoms with Gasteiger partial charge in [0.15, 0.2) is 17.8 Å². The van der Waals surface area contributed by atoms with Crippen LogP contribution in [0.5, 0.6) is 0 Å². The van der Waals surface area contributed by atoms with Gasteiger partial charge in [0.25, 0.3) is 0 Å². The van der Waals surface area contributed by atoms with E-state index in [4.69, 9.17) is 56.8 Å². The fraction of sp³-hybridized carbons (Fsp3) is 0.908. The minimum absolute atomic E-state index is 0.00857. The molecule has 15 unspecified atom stereocenters. The van der Waals surface area contributed by atoms with Crippen LogP contribution in [0.4, 0.5) is 0 Å². The van der Waals surface area contributed by atoms with Gasteiger partial charge in [0.05, 0.1) is 86.4 Å². The topological polar surface area (TPSA) is 359 Å². The first kappa shape index (κ1) is 125. The molecule has 26 nitrogen and oxygen atoms in total. The predicted molar refractivity (Wildman–Crippen MR) is 562 cm³/mol. The van der Waals surface area contributed by atoms with Crippen LogP contribution in [0.1, 0.15) is 469 Å². The summed E-state index contributed by atoms with van der Waals surface area (Å²) in [6, 6.07) is 0. The molecular weight excluding hydrogens is 1860 g/mol. The largest absolute Gasteiger partial charge is 0.465 e. The lowest BCUT2D eigenvalue weighted by Gasteiger charge is -2.61. The Bertz CT molecular complexity index is 4430. The van der Waals surface area contributed by atoms with Crippen molar-refractivity contribution in [2.24, 2.45) is 131 Å². The Kier molecular flexibility index (Phi) is 39.7. The van der Waals surface area contributed by atoms with E-state index in [1.54, 1.807) is 41.5 Å². The van der Waals surface area contributed by atoms with Crippen LogP contribution in [-0.4, -0.2) is 176 Å². The third-order valence-corrected chi connectivity index (χ3v) is 39.0. The Hall–Kier alpha value is -5.99. The maximum absolute atomic E-state index is 12.7. The van der Waals surface area contributed by atoms with E-state index in [0.29, 0.717) is 69.3 Å². The molecule has 26 heteroatoms. The predicted octanol–water partition coefficient (Wildman–Crippen LogP) is 24.3. The van der Waals surface area contributed by atoms with Crippen molar-refractivity contribution in [2.45, 2.75) is 544 Å². The summed E-state index contributed by atoms with van der Waals surface area (Å²) in [5, 5.41) is 30.0. The third-order valence-electron chi connectivity index (χ3n) is 39.0. The van der Waals surface area contributed by atoms with Gasteiger partial charge >= 0.3 is 65.7 Å². The van der Waals surface area contributed by atoms with Crippen LogP contribution in [0, 0.1) is 131 Å². The summed E-state index contributed by atoms with van der Waals surface area (Å²) in [5.74, 6) is 6.52. The van der Waals surface area contributed by atoms with Crippen molar-refractivity contribution in [1.82, 2.24) is 0 Å². The first-order valence-corrected chi connectivity index (χ1v) is 56.8. The van der Waals surface area contributed by atoms with Crippen LogP contribution >= 0.6 is 0 Å². The quantitative estimate of drug-likeness (QED) is 0.0330. The van der Waals surface area contributed by atoms with Crippen molar-refractivity contribution < 1.29 is 125 Å². The summed E-state index contributed by atoms with van der Waals surface area (Å²) in [6.45, 7) is 73.4. The Balaban J connectivity index is 0.000000204. The van der Waals surface area contributed by atoms with E-state index in [1.807, 2.05) is 152 Å². The highest BCUT2D eigenvalue weighted by atomic mass is 16.7. The van der Waals surface area contributed by atoms with Gasteiger partial charge in [-0.2, -0.15) is 0 Å². The summed E-state index contributed by atoms with van der Waals surface area (Å²) >= 11 is 0. The number of hydrogen-bond acceptors (Lipinski definition) is 26. The zero-order valence-electron chi connectivity index (χ0n) is 98.3. The highest BCUT2D eigenvalue weighted by Crippen LogP contribution is 2.72. The molecule has 13 saturated carbocycles. The Labute approximate surface area is 880 Å². The minimum Gasteiger partial charge on any atom is -0.465 e. The number of aliphatic hydroxyl groups is 3. The van der Waals surface area contributed by atoms with E-state index in [9.17, 15) is 68.1 Å². The maximum atomic E-state index is 12.7. The number of ether oxygens (including phenoxy) is 12. The van der Waals surface area contributed by atoms with E-state index < -0.39 is 85.1 Å². The van der Waals surface area contributed by atoms with Gasteiger partial charge in [-0.25, -0.2) is 9.59 Å². The van der Waals surface area contributed by atoms with E-state index in [0.717, 1.165) is 124 Å². The highest BCUT2D eigenvalue weighted by Gasteiger charge is 2.70. The Morgan fingerprint density at radius 2 is 0.808 bits per heavy atom. The first-order chi connectivity index (χ1) is 66.7. The maximum Gasteiger partial charge on any atom is 0.347 e. The molecule has 17 fully saturated rings. The summed E-state index contributed by atoms with van der Waals surface area (Å²) in [5.41, 5.74) is -8.77. The van der Waals surface area contributed by atoms with E-state index in [2.05, 4.69) is 55.4 Å². The lowest BCUT2D eigenvalue weighted by molar-refractivity contribution is -0.225. The highest BCUT2D eigenvalue weighted by molar-refractivity contribution is 5.84. The van der Waals surface area contributed by atoms with Crippen molar-refractivity contribution in [3.8, 4) is 0 Å². The average molecular weight is 2060 g/mol. The second-order valence-electron chi connectivity index (χ2n) is 56.6. The lowest BCUT2D eigenvalue weighted by Crippen LogP contribution is -2.61. The van der Waals surface area contributed by atoms with Crippen LogP contribution in [0.15, 0.2) is 0 Å². The molecule has 840 valence electrons. The molecule has 17 rings (SSSR count). The van der Waals surface area contributed by atoms with Gasteiger partial charge in [0, 0.05) is 35.0 Å².